The van der Waals surface area contributed by atoms with Crippen molar-refractivity contribution in [1.82, 2.24) is 4.90 Å². The third kappa shape index (κ3) is 1.59. The van der Waals surface area contributed by atoms with Crippen molar-refractivity contribution in [2.75, 3.05) is 26.2 Å². The lowest BCUT2D eigenvalue weighted by Crippen LogP contribution is -2.38. The number of rotatable bonds is 4. The molecule has 0 amide bonds. The monoisotopic (exact) mass is 169 g/mol. The third-order valence-corrected chi connectivity index (χ3v) is 2.39. The summed E-state index contributed by atoms with van der Waals surface area (Å²) in [5.74, 6) is 0. The first-order valence-electron chi connectivity index (χ1n) is 4.49. The molecule has 0 saturated carbocycles. The van der Waals surface area contributed by atoms with E-state index in [1.54, 1.807) is 0 Å². The van der Waals surface area contributed by atoms with Crippen molar-refractivity contribution in [2.45, 2.75) is 18.6 Å². The Labute approximate surface area is 72.4 Å². The van der Waals surface area contributed by atoms with Crippen LogP contribution in [0.4, 0.5) is 0 Å². The van der Waals surface area contributed by atoms with Crippen molar-refractivity contribution in [3.63, 3.8) is 0 Å². The fraction of sp³-hybridized carbons (Fsp3) is 0.875. The molecule has 1 saturated heterocycles. The first-order chi connectivity index (χ1) is 5.92. The summed E-state index contributed by atoms with van der Waals surface area (Å²) >= 11 is 0. The molecular weight excluding hydrogens is 154 g/mol. The molecule has 0 aromatic carbocycles. The lowest BCUT2D eigenvalue weighted by molar-refractivity contribution is 0.252. The summed E-state index contributed by atoms with van der Waals surface area (Å²) in [4.78, 5) is 6.44. The molecule has 0 spiro atoms. The van der Waals surface area contributed by atoms with Gasteiger partial charge in [-0.05, 0) is 13.0 Å². The molecule has 4 nitrogen and oxygen atoms in total. The molecule has 2 rings (SSSR count). The number of nitrogens with zero attached hydrogens (tertiary/aromatic N) is 2. The molecule has 0 aromatic heterocycles. The summed E-state index contributed by atoms with van der Waals surface area (Å²) in [5.41, 5.74) is 5.54. The largest absolute Gasteiger partial charge is 0.371 e. The predicted octanol–water partition coefficient (Wildman–Crippen LogP) is -0.553. The van der Waals surface area contributed by atoms with Gasteiger partial charge in [0, 0.05) is 6.54 Å². The van der Waals surface area contributed by atoms with Gasteiger partial charge in [0.05, 0.1) is 25.5 Å². The molecule has 2 aliphatic rings. The average molecular weight is 169 g/mol. The minimum atomic E-state index is 0.415. The van der Waals surface area contributed by atoms with Gasteiger partial charge in [-0.25, -0.2) is 0 Å². The van der Waals surface area contributed by atoms with Gasteiger partial charge in [0.25, 0.3) is 0 Å². The van der Waals surface area contributed by atoms with Crippen molar-refractivity contribution < 1.29 is 4.74 Å². The third-order valence-electron chi connectivity index (χ3n) is 2.39. The topological polar surface area (TPSA) is 54.1 Å². The molecule has 2 unspecified atom stereocenters. The zero-order valence-corrected chi connectivity index (χ0v) is 7.15. The van der Waals surface area contributed by atoms with E-state index in [-0.39, 0.29) is 0 Å². The second kappa shape index (κ2) is 3.41. The fourth-order valence-electron chi connectivity index (χ4n) is 1.66. The second-order valence-corrected chi connectivity index (χ2v) is 3.28. The summed E-state index contributed by atoms with van der Waals surface area (Å²) in [6.07, 6.45) is 3.36. The van der Waals surface area contributed by atoms with E-state index in [1.807, 2.05) is 6.34 Å². The Morgan fingerprint density at radius 3 is 3.08 bits per heavy atom. The van der Waals surface area contributed by atoms with Crippen molar-refractivity contribution in [2.24, 2.45) is 10.7 Å². The first-order valence-corrected chi connectivity index (χ1v) is 4.49. The Morgan fingerprint density at radius 1 is 1.75 bits per heavy atom. The number of aliphatic imine (C=N–C) groups is 1. The quantitative estimate of drug-likeness (QED) is 0.574. The minimum absolute atomic E-state index is 0.415. The number of nitrogens with two attached hydrogens (primary N) is 1. The van der Waals surface area contributed by atoms with Crippen LogP contribution in [-0.4, -0.2) is 49.6 Å². The lowest BCUT2D eigenvalue weighted by Gasteiger charge is -2.24. The van der Waals surface area contributed by atoms with Gasteiger partial charge >= 0.3 is 0 Å². The van der Waals surface area contributed by atoms with Crippen LogP contribution in [0.3, 0.4) is 0 Å². The van der Waals surface area contributed by atoms with Gasteiger partial charge in [0.1, 0.15) is 6.10 Å². The number of epoxide rings is 1. The van der Waals surface area contributed by atoms with E-state index in [2.05, 4.69) is 9.89 Å². The summed E-state index contributed by atoms with van der Waals surface area (Å²) in [6, 6.07) is 0.473. The Balaban J connectivity index is 1.90. The summed E-state index contributed by atoms with van der Waals surface area (Å²) in [6.45, 7) is 3.59. The van der Waals surface area contributed by atoms with Crippen LogP contribution in [-0.2, 0) is 4.74 Å². The van der Waals surface area contributed by atoms with E-state index in [9.17, 15) is 0 Å². The van der Waals surface area contributed by atoms with Crippen LogP contribution in [0.15, 0.2) is 4.99 Å². The number of ether oxygens (including phenoxy) is 1. The highest BCUT2D eigenvalue weighted by atomic mass is 16.6. The highest BCUT2D eigenvalue weighted by Gasteiger charge is 2.35. The van der Waals surface area contributed by atoms with Crippen LogP contribution >= 0.6 is 0 Å². The highest BCUT2D eigenvalue weighted by Crippen LogP contribution is 2.21. The molecule has 2 N–H and O–H groups in total. The highest BCUT2D eigenvalue weighted by molar-refractivity contribution is 5.57. The molecule has 2 heterocycles. The molecule has 0 aromatic rings. The van der Waals surface area contributed by atoms with Gasteiger partial charge in [-0.3, -0.25) is 4.99 Å². The molecule has 0 radical (unpaired) electrons. The maximum atomic E-state index is 5.54. The Morgan fingerprint density at radius 2 is 2.58 bits per heavy atom. The standard InChI is InChI=1S/C8H15N3O/c9-2-1-7(8-5-12-8)11-4-3-10-6-11/h6-8H,1-5,9H2. The molecule has 0 aliphatic carbocycles. The van der Waals surface area contributed by atoms with E-state index in [0.717, 1.165) is 32.7 Å². The van der Waals surface area contributed by atoms with Crippen LogP contribution in [0.5, 0.6) is 0 Å². The van der Waals surface area contributed by atoms with Crippen molar-refractivity contribution >= 4 is 6.34 Å². The van der Waals surface area contributed by atoms with Crippen LogP contribution in [0.1, 0.15) is 6.42 Å². The normalized spacial score (nSPS) is 29.4. The summed E-state index contributed by atoms with van der Waals surface area (Å²) < 4.78 is 5.28. The van der Waals surface area contributed by atoms with Crippen molar-refractivity contribution in [3.05, 3.63) is 0 Å². The van der Waals surface area contributed by atoms with E-state index < -0.39 is 0 Å². The Kier molecular flexibility index (Phi) is 2.28. The van der Waals surface area contributed by atoms with Gasteiger partial charge in [-0.15, -0.1) is 0 Å². The molecule has 1 fully saturated rings. The molecule has 0 bridgehead atoms. The second-order valence-electron chi connectivity index (χ2n) is 3.28. The van der Waals surface area contributed by atoms with Gasteiger partial charge in [0.15, 0.2) is 0 Å². The van der Waals surface area contributed by atoms with E-state index in [4.69, 9.17) is 10.5 Å². The fourth-order valence-corrected chi connectivity index (χ4v) is 1.66. The maximum Gasteiger partial charge on any atom is 0.101 e. The molecule has 68 valence electrons. The Bertz CT molecular complexity index is 179. The van der Waals surface area contributed by atoms with Gasteiger partial charge in [-0.2, -0.15) is 0 Å². The van der Waals surface area contributed by atoms with Gasteiger partial charge in [0.2, 0.25) is 0 Å². The van der Waals surface area contributed by atoms with Crippen molar-refractivity contribution in [3.8, 4) is 0 Å². The summed E-state index contributed by atoms with van der Waals surface area (Å²) in [5, 5.41) is 0. The zero-order valence-electron chi connectivity index (χ0n) is 7.15. The van der Waals surface area contributed by atoms with Crippen LogP contribution < -0.4 is 5.73 Å². The van der Waals surface area contributed by atoms with Gasteiger partial charge < -0.3 is 15.4 Å². The molecule has 2 atom stereocenters. The predicted molar refractivity (Wildman–Crippen MR) is 47.3 cm³/mol. The van der Waals surface area contributed by atoms with Crippen LogP contribution in [0, 0.1) is 0 Å². The minimum Gasteiger partial charge on any atom is -0.371 e. The van der Waals surface area contributed by atoms with Crippen molar-refractivity contribution in [1.29, 1.82) is 0 Å². The number of hydrogen-bond donors (Lipinski definition) is 1. The van der Waals surface area contributed by atoms with E-state index in [1.165, 1.54) is 0 Å². The average Bonchev–Trinajstić information content (AvgIpc) is 2.77. The SMILES string of the molecule is NCCC(C1CO1)N1C=NCC1. The van der Waals surface area contributed by atoms with E-state index in [0.29, 0.717) is 12.1 Å². The molecule has 4 heteroatoms. The first kappa shape index (κ1) is 8.01. The van der Waals surface area contributed by atoms with E-state index >= 15 is 0 Å². The maximum absolute atomic E-state index is 5.54. The Hall–Kier alpha value is -0.610. The van der Waals surface area contributed by atoms with Crippen LogP contribution in [0.25, 0.3) is 0 Å². The molecule has 12 heavy (non-hydrogen) atoms. The smallest absolute Gasteiger partial charge is 0.101 e. The van der Waals surface area contributed by atoms with Crippen LogP contribution in [0.2, 0.25) is 0 Å². The number of hydrogen-bond acceptors (Lipinski definition) is 4. The molecular formula is C8H15N3O. The summed E-state index contributed by atoms with van der Waals surface area (Å²) in [7, 11) is 0. The van der Waals surface area contributed by atoms with Gasteiger partial charge in [-0.1, -0.05) is 0 Å². The molecule has 2 aliphatic heterocycles. The lowest BCUT2D eigenvalue weighted by atomic mass is 10.1. The zero-order chi connectivity index (χ0) is 8.39.